The molecule has 2 N–H and O–H groups in total. The summed E-state index contributed by atoms with van der Waals surface area (Å²) in [4.78, 5) is 25.4. The van der Waals surface area contributed by atoms with Gasteiger partial charge >= 0.3 is 0 Å². The normalized spacial score (nSPS) is 11.8. The molecule has 0 saturated carbocycles. The maximum Gasteiger partial charge on any atom is 0.291 e. The molecule has 3 rings (SSSR count). The number of amides is 2. The highest BCUT2D eigenvalue weighted by Gasteiger charge is 2.19. The number of thiophene rings is 1. The van der Waals surface area contributed by atoms with Crippen LogP contribution in [-0.4, -0.2) is 11.8 Å². The number of benzene rings is 1. The number of rotatable bonds is 6. The van der Waals surface area contributed by atoms with Gasteiger partial charge in [0.25, 0.3) is 11.8 Å². The van der Waals surface area contributed by atoms with Gasteiger partial charge in [-0.25, -0.2) is 0 Å². The van der Waals surface area contributed by atoms with E-state index < -0.39 is 0 Å². The summed E-state index contributed by atoms with van der Waals surface area (Å²) in [5.74, 6) is -0.305. The van der Waals surface area contributed by atoms with Crippen molar-refractivity contribution in [2.75, 3.05) is 5.32 Å². The zero-order chi connectivity index (χ0) is 19.4. The van der Waals surface area contributed by atoms with Crippen LogP contribution in [0.15, 0.2) is 53.1 Å². The molecule has 3 aromatic rings. The van der Waals surface area contributed by atoms with E-state index in [1.807, 2.05) is 32.0 Å². The van der Waals surface area contributed by atoms with Gasteiger partial charge in [-0.3, -0.25) is 9.59 Å². The van der Waals surface area contributed by atoms with Crippen molar-refractivity contribution in [1.82, 2.24) is 5.32 Å². The lowest BCUT2D eigenvalue weighted by atomic mass is 10.0. The van der Waals surface area contributed by atoms with E-state index in [4.69, 9.17) is 16.0 Å². The van der Waals surface area contributed by atoms with Crippen LogP contribution < -0.4 is 10.6 Å². The van der Waals surface area contributed by atoms with Crippen molar-refractivity contribution in [2.45, 2.75) is 26.3 Å². The Hall–Kier alpha value is -2.57. The molecular weight excluding hydrogens is 384 g/mol. The van der Waals surface area contributed by atoms with Crippen molar-refractivity contribution in [3.63, 3.8) is 0 Å². The first-order chi connectivity index (χ1) is 13.0. The second-order valence-electron chi connectivity index (χ2n) is 6.04. The number of anilines is 1. The Morgan fingerprint density at radius 1 is 1.19 bits per heavy atom. The summed E-state index contributed by atoms with van der Waals surface area (Å²) in [5.41, 5.74) is 1.76. The van der Waals surface area contributed by atoms with Crippen LogP contribution in [0.5, 0.6) is 0 Å². The third-order valence-electron chi connectivity index (χ3n) is 4.07. The van der Waals surface area contributed by atoms with Gasteiger partial charge in [-0.1, -0.05) is 30.7 Å². The van der Waals surface area contributed by atoms with Crippen molar-refractivity contribution in [1.29, 1.82) is 0 Å². The van der Waals surface area contributed by atoms with Gasteiger partial charge in [0.05, 0.1) is 22.2 Å². The van der Waals surface area contributed by atoms with E-state index in [1.165, 1.54) is 17.6 Å². The smallest absolute Gasteiger partial charge is 0.291 e. The second-order valence-corrected chi connectivity index (χ2v) is 7.53. The molecule has 0 fully saturated rings. The van der Waals surface area contributed by atoms with Crippen LogP contribution in [0, 0.1) is 6.92 Å². The van der Waals surface area contributed by atoms with Gasteiger partial charge in [0, 0.05) is 5.02 Å². The van der Waals surface area contributed by atoms with Gasteiger partial charge < -0.3 is 15.1 Å². The highest BCUT2D eigenvalue weighted by molar-refractivity contribution is 7.18. The first kappa shape index (κ1) is 19.2. The molecule has 0 aliphatic rings. The Balaban J connectivity index is 1.73. The predicted molar refractivity (Wildman–Crippen MR) is 108 cm³/mol. The molecule has 0 spiro atoms. The molecular formula is C20H19ClN2O3S. The molecule has 0 aliphatic heterocycles. The van der Waals surface area contributed by atoms with Crippen molar-refractivity contribution < 1.29 is 14.0 Å². The van der Waals surface area contributed by atoms with E-state index in [1.54, 1.807) is 24.3 Å². The van der Waals surface area contributed by atoms with E-state index >= 15 is 0 Å². The predicted octanol–water partition coefficient (Wildman–Crippen LogP) is 5.44. The number of carbonyl (C=O) groups is 2. The summed E-state index contributed by atoms with van der Waals surface area (Å²) < 4.78 is 5.08. The summed E-state index contributed by atoms with van der Waals surface area (Å²) in [6, 6.07) is 12.3. The van der Waals surface area contributed by atoms with Crippen molar-refractivity contribution >= 4 is 39.8 Å². The van der Waals surface area contributed by atoms with Gasteiger partial charge in [0.15, 0.2) is 5.76 Å². The highest BCUT2D eigenvalue weighted by atomic mass is 35.5. The maximum atomic E-state index is 12.8. The van der Waals surface area contributed by atoms with Crippen LogP contribution in [-0.2, 0) is 0 Å². The molecule has 0 aliphatic carbocycles. The average molecular weight is 403 g/mol. The number of nitrogens with one attached hydrogen (secondary N) is 2. The quantitative estimate of drug-likeness (QED) is 0.577. The molecule has 2 aromatic heterocycles. The third-order valence-corrected chi connectivity index (χ3v) is 5.46. The van der Waals surface area contributed by atoms with Crippen LogP contribution in [0.2, 0.25) is 5.02 Å². The lowest BCUT2D eigenvalue weighted by Gasteiger charge is -2.17. The summed E-state index contributed by atoms with van der Waals surface area (Å²) in [5, 5.41) is 7.03. The minimum atomic E-state index is -0.349. The fourth-order valence-corrected chi connectivity index (χ4v) is 3.89. The lowest BCUT2D eigenvalue weighted by Crippen LogP contribution is -2.27. The fraction of sp³-hybridized carbons (Fsp3) is 0.200. The molecule has 5 nitrogen and oxygen atoms in total. The minimum Gasteiger partial charge on any atom is -0.459 e. The first-order valence-corrected chi connectivity index (χ1v) is 9.69. The Morgan fingerprint density at radius 2 is 2.00 bits per heavy atom. The number of aryl methyl sites for hydroxylation is 1. The van der Waals surface area contributed by atoms with Gasteiger partial charge in [-0.05, 0) is 54.8 Å². The Bertz CT molecular complexity index is 950. The number of carbonyl (C=O) groups excluding carboxylic acids is 2. The Morgan fingerprint density at radius 3 is 2.67 bits per heavy atom. The van der Waals surface area contributed by atoms with Gasteiger partial charge in [-0.2, -0.15) is 0 Å². The van der Waals surface area contributed by atoms with Crippen LogP contribution >= 0.6 is 22.9 Å². The zero-order valence-corrected chi connectivity index (χ0v) is 16.5. The molecule has 7 heteroatoms. The van der Waals surface area contributed by atoms with Gasteiger partial charge in [-0.15, -0.1) is 11.3 Å². The Kier molecular flexibility index (Phi) is 5.98. The van der Waals surface area contributed by atoms with Crippen LogP contribution in [0.4, 0.5) is 5.00 Å². The summed E-state index contributed by atoms with van der Waals surface area (Å²) >= 11 is 7.29. The number of hydrogen-bond donors (Lipinski definition) is 2. The largest absolute Gasteiger partial charge is 0.459 e. The highest BCUT2D eigenvalue weighted by Crippen LogP contribution is 2.28. The number of halogens is 1. The molecule has 27 heavy (non-hydrogen) atoms. The second kappa shape index (κ2) is 8.41. The SMILES string of the molecule is CCC(NC(=O)c1sc(NC(=O)c2ccco2)cc1C)c1cccc(Cl)c1. The molecule has 0 saturated heterocycles. The van der Waals surface area contributed by atoms with Gasteiger partial charge in [0.1, 0.15) is 0 Å². The van der Waals surface area contributed by atoms with Crippen molar-refractivity contribution in [3.05, 3.63) is 75.5 Å². The third kappa shape index (κ3) is 4.59. The summed E-state index contributed by atoms with van der Waals surface area (Å²) in [7, 11) is 0. The molecule has 0 bridgehead atoms. The summed E-state index contributed by atoms with van der Waals surface area (Å²) in [6.45, 7) is 3.84. The maximum absolute atomic E-state index is 12.8. The van der Waals surface area contributed by atoms with E-state index in [-0.39, 0.29) is 23.6 Å². The van der Waals surface area contributed by atoms with E-state index in [9.17, 15) is 9.59 Å². The van der Waals surface area contributed by atoms with Crippen molar-refractivity contribution in [2.24, 2.45) is 0 Å². The molecule has 1 atom stereocenters. The van der Waals surface area contributed by atoms with Crippen LogP contribution in [0.3, 0.4) is 0 Å². The van der Waals surface area contributed by atoms with Gasteiger partial charge in [0.2, 0.25) is 0 Å². The first-order valence-electron chi connectivity index (χ1n) is 8.49. The van der Waals surface area contributed by atoms with E-state index in [0.29, 0.717) is 14.9 Å². The van der Waals surface area contributed by atoms with E-state index in [0.717, 1.165) is 17.5 Å². The van der Waals surface area contributed by atoms with Crippen LogP contribution in [0.1, 0.15) is 50.7 Å². The molecule has 2 amide bonds. The molecule has 1 unspecified atom stereocenters. The van der Waals surface area contributed by atoms with Crippen LogP contribution in [0.25, 0.3) is 0 Å². The zero-order valence-electron chi connectivity index (χ0n) is 14.9. The van der Waals surface area contributed by atoms with Crippen molar-refractivity contribution in [3.8, 4) is 0 Å². The molecule has 1 aromatic carbocycles. The monoisotopic (exact) mass is 402 g/mol. The number of hydrogen-bond acceptors (Lipinski definition) is 4. The summed E-state index contributed by atoms with van der Waals surface area (Å²) in [6.07, 6.45) is 2.17. The molecule has 0 radical (unpaired) electrons. The average Bonchev–Trinajstić information content (AvgIpc) is 3.29. The molecule has 2 heterocycles. The standard InChI is InChI=1S/C20H19ClN2O3S/c1-3-15(13-6-4-7-14(21)11-13)22-20(25)18-12(2)10-17(27-18)23-19(24)16-8-5-9-26-16/h4-11,15H,3H2,1-2H3,(H,22,25)(H,23,24). The Labute approximate surface area is 166 Å². The topological polar surface area (TPSA) is 71.3 Å². The lowest BCUT2D eigenvalue weighted by molar-refractivity contribution is 0.0938. The molecule has 140 valence electrons. The fourth-order valence-electron chi connectivity index (χ4n) is 2.72. The van der Waals surface area contributed by atoms with E-state index in [2.05, 4.69) is 10.6 Å². The minimum absolute atomic E-state index is 0.140. The number of furan rings is 1.